The number of nitrogens with one attached hydrogen (secondary N) is 1. The van der Waals surface area contributed by atoms with E-state index >= 15 is 0 Å². The number of rotatable bonds is 6. The zero-order chi connectivity index (χ0) is 20.3. The van der Waals surface area contributed by atoms with Crippen LogP contribution in [0, 0.1) is 0 Å². The number of hydrogen-bond donors (Lipinski definition) is 1. The molecule has 2 aromatic rings. The molecule has 1 aliphatic rings. The number of amides is 1. The summed E-state index contributed by atoms with van der Waals surface area (Å²) in [5.41, 5.74) is 0.478. The van der Waals surface area contributed by atoms with Crippen molar-refractivity contribution in [2.24, 2.45) is 0 Å². The molecule has 0 bridgehead atoms. The zero-order valence-electron chi connectivity index (χ0n) is 17.1. The van der Waals surface area contributed by atoms with Crippen LogP contribution in [0.1, 0.15) is 29.0 Å². The Morgan fingerprint density at radius 2 is 2.04 bits per heavy atom. The van der Waals surface area contributed by atoms with Crippen molar-refractivity contribution in [2.75, 3.05) is 39.6 Å². The topological polar surface area (TPSA) is 88.3 Å². The quantitative estimate of drug-likeness (QED) is 0.762. The number of anilines is 1. The lowest BCUT2D eigenvalue weighted by Crippen LogP contribution is -2.36. The fourth-order valence-corrected chi connectivity index (χ4v) is 3.27. The van der Waals surface area contributed by atoms with Gasteiger partial charge < -0.3 is 15.1 Å². The first kappa shape index (κ1) is 20.1. The summed E-state index contributed by atoms with van der Waals surface area (Å²) in [5, 5.41) is 7.57. The maximum atomic E-state index is 12.6. The van der Waals surface area contributed by atoms with E-state index in [-0.39, 0.29) is 17.6 Å². The maximum Gasteiger partial charge on any atom is 0.345 e. The zero-order valence-corrected chi connectivity index (χ0v) is 17.1. The number of likely N-dealkylation sites (N-methyl/N-ethyl adjacent to an activating group) is 1. The molecular formula is C19H29N7O2. The molecule has 1 unspecified atom stereocenters. The summed E-state index contributed by atoms with van der Waals surface area (Å²) < 4.78 is 3.29. The second kappa shape index (κ2) is 8.55. The molecule has 0 radical (unpaired) electrons. The Balaban J connectivity index is 1.61. The van der Waals surface area contributed by atoms with E-state index in [1.165, 1.54) is 0 Å². The highest BCUT2D eigenvalue weighted by Gasteiger charge is 2.22. The lowest BCUT2D eigenvalue weighted by atomic mass is 10.1. The minimum Gasteiger partial charge on any atom is -0.363 e. The van der Waals surface area contributed by atoms with Crippen molar-refractivity contribution in [3.63, 3.8) is 0 Å². The summed E-state index contributed by atoms with van der Waals surface area (Å²) in [6.45, 7) is 1.93. The molecule has 152 valence electrons. The number of nitrogens with zero attached hydrogens (tertiary/aromatic N) is 6. The largest absolute Gasteiger partial charge is 0.363 e. The van der Waals surface area contributed by atoms with Crippen LogP contribution in [0.2, 0.25) is 0 Å². The van der Waals surface area contributed by atoms with Crippen molar-refractivity contribution < 1.29 is 4.79 Å². The third-order valence-corrected chi connectivity index (χ3v) is 4.98. The molecule has 1 amide bonds. The Hall–Kier alpha value is -2.68. The van der Waals surface area contributed by atoms with Crippen LogP contribution in [0.15, 0.2) is 23.1 Å². The minimum atomic E-state index is -0.134. The molecule has 0 saturated carbocycles. The minimum absolute atomic E-state index is 0.0114. The molecule has 0 aliphatic carbocycles. The molecule has 9 nitrogen and oxygen atoms in total. The van der Waals surface area contributed by atoms with E-state index in [9.17, 15) is 9.59 Å². The Morgan fingerprint density at radius 3 is 2.68 bits per heavy atom. The van der Waals surface area contributed by atoms with Gasteiger partial charge in [-0.25, -0.2) is 14.5 Å². The maximum absolute atomic E-state index is 12.6. The molecule has 0 aromatic carbocycles. The summed E-state index contributed by atoms with van der Waals surface area (Å²) in [5.74, 6) is 1.48. The van der Waals surface area contributed by atoms with Gasteiger partial charge >= 0.3 is 5.69 Å². The van der Waals surface area contributed by atoms with Crippen molar-refractivity contribution in [1.82, 2.24) is 29.5 Å². The van der Waals surface area contributed by atoms with E-state index < -0.39 is 0 Å². The Morgan fingerprint density at radius 1 is 1.25 bits per heavy atom. The number of carbonyl (C=O) groups excluding carboxylic acids is 1. The normalized spacial score (nSPS) is 16.5. The monoisotopic (exact) mass is 387 g/mol. The first-order valence-electron chi connectivity index (χ1n) is 9.60. The second-order valence-electron chi connectivity index (χ2n) is 7.67. The summed E-state index contributed by atoms with van der Waals surface area (Å²) in [4.78, 5) is 33.3. The fraction of sp³-hybridized carbons (Fsp3) is 0.579. The van der Waals surface area contributed by atoms with Gasteiger partial charge in [-0.2, -0.15) is 5.10 Å². The van der Waals surface area contributed by atoms with Gasteiger partial charge in [-0.05, 0) is 39.1 Å². The average Bonchev–Trinajstić information content (AvgIpc) is 2.83. The van der Waals surface area contributed by atoms with Gasteiger partial charge in [-0.3, -0.25) is 9.36 Å². The van der Waals surface area contributed by atoms with Crippen LogP contribution in [0.3, 0.4) is 0 Å². The number of aryl methyl sites for hydroxylation is 1. The third kappa shape index (κ3) is 4.59. The first-order chi connectivity index (χ1) is 13.3. The molecule has 28 heavy (non-hydrogen) atoms. The lowest BCUT2D eigenvalue weighted by molar-refractivity contribution is 0.0932. The highest BCUT2D eigenvalue weighted by atomic mass is 16.2. The average molecular weight is 387 g/mol. The van der Waals surface area contributed by atoms with E-state index in [0.29, 0.717) is 31.5 Å². The third-order valence-electron chi connectivity index (χ3n) is 4.98. The van der Waals surface area contributed by atoms with Crippen LogP contribution in [-0.2, 0) is 19.5 Å². The standard InChI is InChI=1S/C19H29N7O2/c1-23(2)11-12-26-19(28)25-10-9-15(6-8-17(25)22-26)21-18(27)14-5-7-16(20-13-14)24(3)4/h5,7,13,15H,6,8-12H2,1-4H3,(H,21,27). The summed E-state index contributed by atoms with van der Waals surface area (Å²) in [6, 6.07) is 3.62. The molecule has 0 saturated heterocycles. The Bertz CT molecular complexity index is 867. The van der Waals surface area contributed by atoms with Gasteiger partial charge in [0.1, 0.15) is 11.6 Å². The molecule has 2 aromatic heterocycles. The molecule has 3 rings (SSSR count). The summed E-state index contributed by atoms with van der Waals surface area (Å²) in [6.07, 6.45) is 3.74. The molecule has 1 aliphatic heterocycles. The van der Waals surface area contributed by atoms with Gasteiger partial charge in [0, 0.05) is 45.8 Å². The van der Waals surface area contributed by atoms with Gasteiger partial charge in [0.2, 0.25) is 0 Å². The molecule has 1 N–H and O–H groups in total. The highest BCUT2D eigenvalue weighted by molar-refractivity contribution is 5.94. The predicted octanol–water partition coefficient (Wildman–Crippen LogP) is 0.202. The molecule has 9 heteroatoms. The molecule has 0 spiro atoms. The van der Waals surface area contributed by atoms with Crippen LogP contribution < -0.4 is 15.9 Å². The lowest BCUT2D eigenvalue weighted by Gasteiger charge is -2.16. The number of hydrogen-bond acceptors (Lipinski definition) is 6. The number of pyridine rings is 1. The van der Waals surface area contributed by atoms with Gasteiger partial charge in [-0.15, -0.1) is 0 Å². The predicted molar refractivity (Wildman–Crippen MR) is 108 cm³/mol. The van der Waals surface area contributed by atoms with Gasteiger partial charge in [0.15, 0.2) is 0 Å². The van der Waals surface area contributed by atoms with Crippen molar-refractivity contribution in [3.8, 4) is 0 Å². The highest BCUT2D eigenvalue weighted by Crippen LogP contribution is 2.13. The summed E-state index contributed by atoms with van der Waals surface area (Å²) in [7, 11) is 7.77. The molecule has 0 fully saturated rings. The van der Waals surface area contributed by atoms with E-state index in [0.717, 1.165) is 24.6 Å². The van der Waals surface area contributed by atoms with Gasteiger partial charge in [-0.1, -0.05) is 0 Å². The second-order valence-corrected chi connectivity index (χ2v) is 7.67. The van der Waals surface area contributed by atoms with Crippen molar-refractivity contribution >= 4 is 11.7 Å². The van der Waals surface area contributed by atoms with E-state index in [2.05, 4.69) is 15.4 Å². The summed E-state index contributed by atoms with van der Waals surface area (Å²) >= 11 is 0. The Labute approximate surface area is 165 Å². The molecule has 3 heterocycles. The SMILES string of the molecule is CN(C)CCn1nc2n(c1=O)CCC(NC(=O)c1ccc(N(C)C)nc1)CC2. The Kier molecular flexibility index (Phi) is 6.13. The van der Waals surface area contributed by atoms with Crippen LogP contribution in [0.5, 0.6) is 0 Å². The number of aromatic nitrogens is 4. The van der Waals surface area contributed by atoms with Crippen molar-refractivity contribution in [3.05, 3.63) is 40.2 Å². The molecular weight excluding hydrogens is 358 g/mol. The van der Waals surface area contributed by atoms with E-state index in [1.807, 2.05) is 44.1 Å². The smallest absolute Gasteiger partial charge is 0.345 e. The van der Waals surface area contributed by atoms with Crippen LogP contribution >= 0.6 is 0 Å². The van der Waals surface area contributed by atoms with Crippen LogP contribution in [0.25, 0.3) is 0 Å². The molecule has 1 atom stereocenters. The van der Waals surface area contributed by atoms with E-state index in [4.69, 9.17) is 0 Å². The fourth-order valence-electron chi connectivity index (χ4n) is 3.27. The van der Waals surface area contributed by atoms with Crippen molar-refractivity contribution in [2.45, 2.75) is 38.4 Å². The van der Waals surface area contributed by atoms with Gasteiger partial charge in [0.25, 0.3) is 5.91 Å². The van der Waals surface area contributed by atoms with Crippen LogP contribution in [-0.4, -0.2) is 70.9 Å². The number of fused-ring (bicyclic) bond motifs is 1. The van der Waals surface area contributed by atoms with Crippen molar-refractivity contribution in [1.29, 1.82) is 0 Å². The first-order valence-corrected chi connectivity index (χ1v) is 9.60. The van der Waals surface area contributed by atoms with Crippen LogP contribution in [0.4, 0.5) is 5.82 Å². The van der Waals surface area contributed by atoms with Gasteiger partial charge in [0.05, 0.1) is 12.1 Å². The van der Waals surface area contributed by atoms with E-state index in [1.54, 1.807) is 21.5 Å². The number of carbonyl (C=O) groups is 1.